The van der Waals surface area contributed by atoms with Crippen LogP contribution in [-0.4, -0.2) is 115 Å². The van der Waals surface area contributed by atoms with Crippen molar-refractivity contribution in [2.45, 2.75) is 55.0 Å². The highest BCUT2D eigenvalue weighted by molar-refractivity contribution is 4.93. The second kappa shape index (κ2) is 10.6. The van der Waals surface area contributed by atoms with Crippen molar-refractivity contribution in [2.75, 3.05) is 34.0 Å². The largest absolute Gasteiger partial charge is 0.394 e. The van der Waals surface area contributed by atoms with E-state index >= 15 is 0 Å². The van der Waals surface area contributed by atoms with Gasteiger partial charge in [-0.05, 0) is 0 Å². The van der Waals surface area contributed by atoms with E-state index < -0.39 is 68.2 Å². The summed E-state index contributed by atoms with van der Waals surface area (Å²) in [6.45, 7) is -1.23. The predicted octanol–water partition coefficient (Wildman–Crippen LogP) is -4.52. The van der Waals surface area contributed by atoms with Crippen molar-refractivity contribution in [2.24, 2.45) is 11.5 Å². The average Bonchev–Trinajstić information content (AvgIpc) is 2.62. The first kappa shape index (κ1) is 22.6. The fraction of sp³-hybridized carbons (Fsp3) is 1.00. The molecule has 0 bridgehead atoms. The number of hydrogen-bond acceptors (Lipinski definition) is 11. The van der Waals surface area contributed by atoms with E-state index in [1.54, 1.807) is 0 Å². The lowest BCUT2D eigenvalue weighted by Gasteiger charge is -2.42. The number of methoxy groups -OCH3 is 2. The summed E-state index contributed by atoms with van der Waals surface area (Å²) >= 11 is 0. The highest BCUT2D eigenvalue weighted by atomic mass is 16.7. The Balaban J connectivity index is 2.65. The van der Waals surface area contributed by atoms with Gasteiger partial charge in [0, 0.05) is 14.2 Å². The minimum atomic E-state index is -1.45. The van der Waals surface area contributed by atoms with E-state index in [0.717, 1.165) is 0 Å². The zero-order chi connectivity index (χ0) is 19.1. The van der Waals surface area contributed by atoms with Crippen molar-refractivity contribution >= 4 is 0 Å². The normalized spacial score (nSPS) is 35.2. The molecule has 9 atom stereocenters. The van der Waals surface area contributed by atoms with Gasteiger partial charge in [-0.15, -0.1) is 0 Å². The van der Waals surface area contributed by atoms with Crippen LogP contribution in [0.5, 0.6) is 0 Å². The van der Waals surface area contributed by atoms with Crippen LogP contribution in [0.1, 0.15) is 0 Å². The van der Waals surface area contributed by atoms with Gasteiger partial charge in [0.15, 0.2) is 6.29 Å². The second-order valence-corrected chi connectivity index (χ2v) is 5.93. The van der Waals surface area contributed by atoms with Gasteiger partial charge in [0.25, 0.3) is 0 Å². The van der Waals surface area contributed by atoms with E-state index in [4.69, 9.17) is 35.5 Å². The lowest BCUT2D eigenvalue weighted by atomic mass is 9.97. The van der Waals surface area contributed by atoms with E-state index in [2.05, 4.69) is 0 Å². The van der Waals surface area contributed by atoms with Crippen molar-refractivity contribution in [3.05, 3.63) is 0 Å². The third-order valence-corrected chi connectivity index (χ3v) is 4.27. The van der Waals surface area contributed by atoms with Crippen molar-refractivity contribution in [1.29, 1.82) is 0 Å². The van der Waals surface area contributed by atoms with Crippen LogP contribution in [0.15, 0.2) is 0 Å². The Morgan fingerprint density at radius 2 is 1.80 bits per heavy atom. The van der Waals surface area contributed by atoms with E-state index in [1.807, 2.05) is 0 Å². The molecule has 0 radical (unpaired) electrons. The number of hydrogen-bond donors (Lipinski definition) is 7. The molecular formula is C14H30N2O9. The molecule has 0 amide bonds. The maximum Gasteiger partial charge on any atom is 0.175 e. The molecule has 0 aliphatic carbocycles. The Morgan fingerprint density at radius 3 is 2.28 bits per heavy atom. The number of aliphatic hydroxyl groups is 5. The van der Waals surface area contributed by atoms with Crippen LogP contribution in [0.25, 0.3) is 0 Å². The van der Waals surface area contributed by atoms with E-state index in [-0.39, 0.29) is 6.61 Å². The SMILES string of the molecule is COC(CO)C(O)C(O)[C@H](N)COC1C(CO)OC(OC)C(N)C1O. The standard InChI is InChI=1S/C14H30N2O9/c1-22-7(3-17)11(20)10(19)6(15)5-24-13-8(4-18)25-14(23-2)9(16)12(13)21/h6-14,17-21H,3-5,15-16H2,1-2H3/t6-,7?,8?,9?,10?,11?,12?,13?,14?/m1/s1. The molecule has 1 rings (SSSR count). The molecule has 1 aliphatic heterocycles. The highest BCUT2D eigenvalue weighted by Gasteiger charge is 2.44. The maximum absolute atomic E-state index is 10.2. The summed E-state index contributed by atoms with van der Waals surface area (Å²) in [6.07, 6.45) is -7.90. The molecule has 11 heteroatoms. The minimum Gasteiger partial charge on any atom is -0.394 e. The molecule has 9 N–H and O–H groups in total. The zero-order valence-corrected chi connectivity index (χ0v) is 14.3. The molecule has 0 aromatic rings. The first-order valence-corrected chi connectivity index (χ1v) is 7.92. The van der Waals surface area contributed by atoms with Gasteiger partial charge in [-0.2, -0.15) is 0 Å². The van der Waals surface area contributed by atoms with Crippen LogP contribution in [0, 0.1) is 0 Å². The number of nitrogens with two attached hydrogens (primary N) is 2. The Bertz CT molecular complexity index is 372. The van der Waals surface area contributed by atoms with E-state index in [0.29, 0.717) is 0 Å². The third kappa shape index (κ3) is 5.52. The molecule has 1 heterocycles. The quantitative estimate of drug-likeness (QED) is 0.196. The van der Waals surface area contributed by atoms with Gasteiger partial charge in [-0.1, -0.05) is 0 Å². The van der Waals surface area contributed by atoms with Gasteiger partial charge < -0.3 is 55.9 Å². The van der Waals surface area contributed by atoms with Gasteiger partial charge in [-0.3, -0.25) is 0 Å². The highest BCUT2D eigenvalue weighted by Crippen LogP contribution is 2.23. The zero-order valence-electron chi connectivity index (χ0n) is 14.3. The summed E-state index contributed by atoms with van der Waals surface area (Å²) in [4.78, 5) is 0. The number of ether oxygens (including phenoxy) is 4. The molecule has 1 fully saturated rings. The van der Waals surface area contributed by atoms with Gasteiger partial charge in [-0.25, -0.2) is 0 Å². The fourth-order valence-electron chi connectivity index (χ4n) is 2.62. The number of rotatable bonds is 10. The summed E-state index contributed by atoms with van der Waals surface area (Å²) in [5.74, 6) is 0. The smallest absolute Gasteiger partial charge is 0.175 e. The van der Waals surface area contributed by atoms with Crippen LogP contribution in [0.2, 0.25) is 0 Å². The summed E-state index contributed by atoms with van der Waals surface area (Å²) in [5, 5.41) is 48.7. The average molecular weight is 370 g/mol. The van der Waals surface area contributed by atoms with Crippen molar-refractivity contribution in [3.8, 4) is 0 Å². The first-order valence-electron chi connectivity index (χ1n) is 7.92. The molecule has 0 aromatic carbocycles. The molecule has 0 saturated carbocycles. The van der Waals surface area contributed by atoms with E-state index in [9.17, 15) is 20.4 Å². The summed E-state index contributed by atoms with van der Waals surface area (Å²) < 4.78 is 20.7. The van der Waals surface area contributed by atoms with Crippen LogP contribution in [-0.2, 0) is 18.9 Å². The Hall–Kier alpha value is -0.440. The second-order valence-electron chi connectivity index (χ2n) is 5.93. The molecule has 0 spiro atoms. The monoisotopic (exact) mass is 370 g/mol. The first-order chi connectivity index (χ1) is 11.8. The van der Waals surface area contributed by atoms with Crippen molar-refractivity contribution < 1.29 is 44.5 Å². The van der Waals surface area contributed by atoms with Crippen LogP contribution in [0.4, 0.5) is 0 Å². The van der Waals surface area contributed by atoms with Crippen LogP contribution >= 0.6 is 0 Å². The lowest BCUT2D eigenvalue weighted by Crippen LogP contribution is -2.63. The van der Waals surface area contributed by atoms with Crippen molar-refractivity contribution in [3.63, 3.8) is 0 Å². The predicted molar refractivity (Wildman–Crippen MR) is 84.3 cm³/mol. The third-order valence-electron chi connectivity index (χ3n) is 4.27. The molecular weight excluding hydrogens is 340 g/mol. The molecule has 25 heavy (non-hydrogen) atoms. The summed E-state index contributed by atoms with van der Waals surface area (Å²) in [6, 6.07) is -1.96. The topological polar surface area (TPSA) is 190 Å². The molecule has 11 nitrogen and oxygen atoms in total. The molecule has 150 valence electrons. The molecule has 1 aliphatic rings. The van der Waals surface area contributed by atoms with Gasteiger partial charge >= 0.3 is 0 Å². The molecule has 1 saturated heterocycles. The van der Waals surface area contributed by atoms with Crippen LogP contribution < -0.4 is 11.5 Å². The summed E-state index contributed by atoms with van der Waals surface area (Å²) in [7, 11) is 2.63. The summed E-state index contributed by atoms with van der Waals surface area (Å²) in [5.41, 5.74) is 11.6. The molecule has 0 aromatic heterocycles. The number of aliphatic hydroxyl groups excluding tert-OH is 5. The van der Waals surface area contributed by atoms with E-state index in [1.165, 1.54) is 14.2 Å². The Morgan fingerprint density at radius 1 is 1.16 bits per heavy atom. The van der Waals surface area contributed by atoms with Crippen LogP contribution in [0.3, 0.4) is 0 Å². The molecule has 8 unspecified atom stereocenters. The minimum absolute atomic E-state index is 0.272. The maximum atomic E-state index is 10.2. The Kier molecular flexibility index (Phi) is 9.62. The van der Waals surface area contributed by atoms with Gasteiger partial charge in [0.2, 0.25) is 0 Å². The lowest BCUT2D eigenvalue weighted by molar-refractivity contribution is -0.268. The van der Waals surface area contributed by atoms with Gasteiger partial charge in [0.05, 0.1) is 38.0 Å². The van der Waals surface area contributed by atoms with Crippen molar-refractivity contribution in [1.82, 2.24) is 0 Å². The Labute approximate surface area is 146 Å². The van der Waals surface area contributed by atoms with Gasteiger partial charge in [0.1, 0.15) is 30.5 Å². The fourth-order valence-corrected chi connectivity index (χ4v) is 2.62.